The van der Waals surface area contributed by atoms with Crippen LogP contribution in [0.5, 0.6) is 5.75 Å². The van der Waals surface area contributed by atoms with Crippen molar-refractivity contribution in [2.75, 3.05) is 24.3 Å². The third kappa shape index (κ3) is 2.88. The topological polar surface area (TPSA) is 56.5 Å². The van der Waals surface area contributed by atoms with Gasteiger partial charge in [0.1, 0.15) is 5.75 Å². The molecule has 0 heterocycles. The molecule has 0 unspecified atom stereocenters. The van der Waals surface area contributed by atoms with E-state index in [9.17, 15) is 0 Å². The first-order valence-corrected chi connectivity index (χ1v) is 6.64. The van der Waals surface area contributed by atoms with E-state index in [0.29, 0.717) is 24.4 Å². The van der Waals surface area contributed by atoms with Crippen LogP contribution in [0.25, 0.3) is 0 Å². The van der Waals surface area contributed by atoms with Crippen molar-refractivity contribution in [3.8, 4) is 5.75 Å². The number of nitrogens with two attached hydrogens (primary N) is 1. The van der Waals surface area contributed by atoms with E-state index >= 15 is 0 Å². The highest BCUT2D eigenvalue weighted by molar-refractivity contribution is 5.73. The summed E-state index contributed by atoms with van der Waals surface area (Å²) in [7, 11) is 0. The van der Waals surface area contributed by atoms with E-state index in [1.54, 1.807) is 0 Å². The number of rotatable bonds is 6. The molecular weight excluding hydrogens is 228 g/mol. The van der Waals surface area contributed by atoms with Crippen LogP contribution in [0.15, 0.2) is 18.2 Å². The van der Waals surface area contributed by atoms with E-state index in [1.165, 1.54) is 0 Å². The van der Waals surface area contributed by atoms with Gasteiger partial charge in [-0.15, -0.1) is 0 Å². The number of ether oxygens (including phenoxy) is 2. The summed E-state index contributed by atoms with van der Waals surface area (Å²) >= 11 is 0. The van der Waals surface area contributed by atoms with Crippen LogP contribution in [0.4, 0.5) is 11.4 Å². The van der Waals surface area contributed by atoms with Crippen LogP contribution in [-0.4, -0.2) is 25.4 Å². The predicted molar refractivity (Wildman–Crippen MR) is 74.1 cm³/mol. The Morgan fingerprint density at radius 3 is 2.72 bits per heavy atom. The van der Waals surface area contributed by atoms with Gasteiger partial charge in [-0.2, -0.15) is 0 Å². The Morgan fingerprint density at radius 2 is 2.06 bits per heavy atom. The molecule has 1 aromatic carbocycles. The van der Waals surface area contributed by atoms with Crippen LogP contribution in [0.1, 0.15) is 26.7 Å². The highest BCUT2D eigenvalue weighted by Gasteiger charge is 2.29. The van der Waals surface area contributed by atoms with E-state index in [1.807, 2.05) is 32.0 Å². The second-order valence-corrected chi connectivity index (χ2v) is 4.54. The van der Waals surface area contributed by atoms with Crippen LogP contribution in [0, 0.1) is 0 Å². The highest BCUT2D eigenvalue weighted by Crippen LogP contribution is 2.33. The number of benzene rings is 1. The third-order valence-corrected chi connectivity index (χ3v) is 3.22. The van der Waals surface area contributed by atoms with E-state index in [2.05, 4.69) is 5.32 Å². The number of anilines is 2. The maximum absolute atomic E-state index is 6.07. The Labute approximate surface area is 108 Å². The van der Waals surface area contributed by atoms with Crippen molar-refractivity contribution in [3.63, 3.8) is 0 Å². The van der Waals surface area contributed by atoms with Gasteiger partial charge in [0.25, 0.3) is 0 Å². The van der Waals surface area contributed by atoms with Crippen LogP contribution >= 0.6 is 0 Å². The second kappa shape index (κ2) is 5.96. The van der Waals surface area contributed by atoms with Crippen molar-refractivity contribution in [2.24, 2.45) is 0 Å². The molecule has 3 N–H and O–H groups in total. The molecule has 4 nitrogen and oxygen atoms in total. The van der Waals surface area contributed by atoms with Crippen molar-refractivity contribution >= 4 is 11.4 Å². The molecular formula is C14H22N2O2. The average Bonchev–Trinajstić information content (AvgIpc) is 2.31. The molecule has 2 rings (SSSR count). The second-order valence-electron chi connectivity index (χ2n) is 4.54. The summed E-state index contributed by atoms with van der Waals surface area (Å²) < 4.78 is 11.0. The molecule has 0 aliphatic heterocycles. The Hall–Kier alpha value is -1.42. The van der Waals surface area contributed by atoms with Gasteiger partial charge in [0.2, 0.25) is 0 Å². The summed E-state index contributed by atoms with van der Waals surface area (Å²) in [5.74, 6) is 0.753. The maximum atomic E-state index is 6.07. The van der Waals surface area contributed by atoms with E-state index < -0.39 is 0 Å². The SMILES string of the molecule is CCOc1cccc(NC2CC(OCC)C2)c1N. The molecule has 0 spiro atoms. The van der Waals surface area contributed by atoms with Crippen molar-refractivity contribution in [3.05, 3.63) is 18.2 Å². The lowest BCUT2D eigenvalue weighted by Crippen LogP contribution is -2.40. The molecule has 1 aliphatic carbocycles. The van der Waals surface area contributed by atoms with Gasteiger partial charge >= 0.3 is 0 Å². The van der Waals surface area contributed by atoms with Gasteiger partial charge in [-0.1, -0.05) is 6.07 Å². The zero-order valence-electron chi connectivity index (χ0n) is 11.1. The van der Waals surface area contributed by atoms with E-state index in [4.69, 9.17) is 15.2 Å². The number of para-hydroxylation sites is 1. The zero-order chi connectivity index (χ0) is 13.0. The standard InChI is InChI=1S/C14H22N2O2/c1-3-17-11-8-10(9-11)16-12-6-5-7-13(14(12)15)18-4-2/h5-7,10-11,16H,3-4,8-9,15H2,1-2H3. The summed E-state index contributed by atoms with van der Waals surface area (Å²) in [5, 5.41) is 3.45. The lowest BCUT2D eigenvalue weighted by Gasteiger charge is -2.36. The van der Waals surface area contributed by atoms with E-state index in [-0.39, 0.29) is 0 Å². The number of hydrogen-bond donors (Lipinski definition) is 2. The van der Waals surface area contributed by atoms with Gasteiger partial charge < -0.3 is 20.5 Å². The van der Waals surface area contributed by atoms with Crippen LogP contribution in [0.3, 0.4) is 0 Å². The largest absolute Gasteiger partial charge is 0.492 e. The molecule has 1 saturated carbocycles. The van der Waals surface area contributed by atoms with Crippen molar-refractivity contribution in [1.82, 2.24) is 0 Å². The minimum absolute atomic E-state index is 0.406. The van der Waals surface area contributed by atoms with Crippen LogP contribution in [-0.2, 0) is 4.74 Å². The molecule has 18 heavy (non-hydrogen) atoms. The van der Waals surface area contributed by atoms with Crippen molar-refractivity contribution in [1.29, 1.82) is 0 Å². The fourth-order valence-electron chi connectivity index (χ4n) is 2.23. The van der Waals surface area contributed by atoms with Gasteiger partial charge in [-0.05, 0) is 38.8 Å². The molecule has 0 bridgehead atoms. The van der Waals surface area contributed by atoms with Gasteiger partial charge in [0, 0.05) is 12.6 Å². The fraction of sp³-hybridized carbons (Fsp3) is 0.571. The summed E-state index contributed by atoms with van der Waals surface area (Å²) in [4.78, 5) is 0. The molecule has 4 heteroatoms. The van der Waals surface area contributed by atoms with Gasteiger partial charge in [-0.25, -0.2) is 0 Å². The zero-order valence-corrected chi connectivity index (χ0v) is 11.1. The first-order chi connectivity index (χ1) is 8.74. The van der Waals surface area contributed by atoms with Crippen LogP contribution in [0.2, 0.25) is 0 Å². The minimum atomic E-state index is 0.406. The number of hydrogen-bond acceptors (Lipinski definition) is 4. The summed E-state index contributed by atoms with van der Waals surface area (Å²) in [5.41, 5.74) is 7.72. The van der Waals surface area contributed by atoms with Gasteiger partial charge in [-0.3, -0.25) is 0 Å². The molecule has 0 saturated heterocycles. The molecule has 1 fully saturated rings. The summed E-state index contributed by atoms with van der Waals surface area (Å²) in [6, 6.07) is 6.31. The predicted octanol–water partition coefficient (Wildman–Crippen LogP) is 2.65. The molecule has 0 radical (unpaired) electrons. The molecule has 0 amide bonds. The molecule has 100 valence electrons. The Balaban J connectivity index is 1.92. The van der Waals surface area contributed by atoms with Gasteiger partial charge in [0.15, 0.2) is 0 Å². The van der Waals surface area contributed by atoms with Crippen LogP contribution < -0.4 is 15.8 Å². The Bertz CT molecular complexity index is 389. The fourth-order valence-corrected chi connectivity index (χ4v) is 2.23. The normalized spacial score (nSPS) is 22.3. The molecule has 1 aromatic rings. The first kappa shape index (κ1) is 13.0. The lowest BCUT2D eigenvalue weighted by atomic mass is 9.89. The lowest BCUT2D eigenvalue weighted by molar-refractivity contribution is 0.00300. The summed E-state index contributed by atoms with van der Waals surface area (Å²) in [6.07, 6.45) is 2.50. The maximum Gasteiger partial charge on any atom is 0.144 e. The highest BCUT2D eigenvalue weighted by atomic mass is 16.5. The van der Waals surface area contributed by atoms with E-state index in [0.717, 1.165) is 30.9 Å². The molecule has 1 aliphatic rings. The van der Waals surface area contributed by atoms with Gasteiger partial charge in [0.05, 0.1) is 24.1 Å². The third-order valence-electron chi connectivity index (χ3n) is 3.22. The number of nitrogens with one attached hydrogen (secondary N) is 1. The average molecular weight is 250 g/mol. The number of nitrogen functional groups attached to an aromatic ring is 1. The quantitative estimate of drug-likeness (QED) is 0.762. The smallest absolute Gasteiger partial charge is 0.144 e. The Kier molecular flexibility index (Phi) is 4.31. The summed E-state index contributed by atoms with van der Waals surface area (Å²) in [6.45, 7) is 5.41. The van der Waals surface area contributed by atoms with Crippen molar-refractivity contribution in [2.45, 2.75) is 38.8 Å². The Morgan fingerprint density at radius 1 is 1.28 bits per heavy atom. The molecule has 0 aromatic heterocycles. The first-order valence-electron chi connectivity index (χ1n) is 6.64. The van der Waals surface area contributed by atoms with Crippen molar-refractivity contribution < 1.29 is 9.47 Å². The monoisotopic (exact) mass is 250 g/mol. The minimum Gasteiger partial charge on any atom is -0.492 e. The molecule has 0 atom stereocenters.